The molecule has 1 heterocycles. The summed E-state index contributed by atoms with van der Waals surface area (Å²) in [6.45, 7) is 1.26. The second-order valence-corrected chi connectivity index (χ2v) is 4.95. The van der Waals surface area contributed by atoms with Gasteiger partial charge in [-0.2, -0.15) is 0 Å². The number of nitrogens with one attached hydrogen (secondary N) is 1. The first kappa shape index (κ1) is 12.5. The van der Waals surface area contributed by atoms with Crippen LogP contribution < -0.4 is 5.32 Å². The van der Waals surface area contributed by atoms with Crippen LogP contribution in [0.25, 0.3) is 0 Å². The monoisotopic (exact) mass is 270 g/mol. The van der Waals surface area contributed by atoms with Crippen LogP contribution in [0.15, 0.2) is 29.8 Å². The van der Waals surface area contributed by atoms with Gasteiger partial charge >= 0.3 is 0 Å². The zero-order valence-corrected chi connectivity index (χ0v) is 10.7. The lowest BCUT2D eigenvalue weighted by Gasteiger charge is -2.05. The van der Waals surface area contributed by atoms with Gasteiger partial charge in [-0.3, -0.25) is 0 Å². The van der Waals surface area contributed by atoms with Crippen LogP contribution in [0.4, 0.5) is 4.39 Å². The van der Waals surface area contributed by atoms with Crippen LogP contribution in [0.3, 0.4) is 0 Å². The highest BCUT2D eigenvalue weighted by molar-refractivity contribution is 7.09. The second-order valence-electron chi connectivity index (χ2n) is 3.57. The highest BCUT2D eigenvalue weighted by Crippen LogP contribution is 2.17. The van der Waals surface area contributed by atoms with Crippen LogP contribution in [-0.2, 0) is 13.0 Å². The quantitative estimate of drug-likeness (QED) is 0.844. The van der Waals surface area contributed by atoms with Crippen molar-refractivity contribution in [1.29, 1.82) is 0 Å². The molecule has 0 atom stereocenters. The van der Waals surface area contributed by atoms with Crippen molar-refractivity contribution in [1.82, 2.24) is 10.3 Å². The average molecular weight is 271 g/mol. The molecule has 1 aromatic carbocycles. The van der Waals surface area contributed by atoms with E-state index in [1.54, 1.807) is 35.7 Å². The van der Waals surface area contributed by atoms with E-state index in [1.807, 2.05) is 5.38 Å². The van der Waals surface area contributed by atoms with E-state index in [0.717, 1.165) is 18.0 Å². The van der Waals surface area contributed by atoms with Gasteiger partial charge in [0.2, 0.25) is 0 Å². The summed E-state index contributed by atoms with van der Waals surface area (Å²) in [7, 11) is 0. The molecule has 0 saturated heterocycles. The van der Waals surface area contributed by atoms with Crippen molar-refractivity contribution in [3.05, 3.63) is 51.2 Å². The number of halogens is 2. The van der Waals surface area contributed by atoms with Gasteiger partial charge < -0.3 is 5.32 Å². The standard InChI is InChI=1S/C12H12ClFN2S/c13-10-3-1-2-9(12(10)14)8-15-5-4-11-16-6-7-17-11/h1-3,6-7,15H,4-5,8H2. The van der Waals surface area contributed by atoms with Gasteiger partial charge in [-0.15, -0.1) is 11.3 Å². The molecule has 2 nitrogen and oxygen atoms in total. The molecule has 90 valence electrons. The Kier molecular flexibility index (Phi) is 4.48. The van der Waals surface area contributed by atoms with Crippen molar-refractivity contribution < 1.29 is 4.39 Å². The van der Waals surface area contributed by atoms with Crippen molar-refractivity contribution in [2.24, 2.45) is 0 Å². The number of hydrogen-bond donors (Lipinski definition) is 1. The third-order valence-electron chi connectivity index (χ3n) is 2.35. The van der Waals surface area contributed by atoms with E-state index in [0.29, 0.717) is 12.1 Å². The van der Waals surface area contributed by atoms with Gasteiger partial charge in [0.15, 0.2) is 0 Å². The number of benzene rings is 1. The number of hydrogen-bond acceptors (Lipinski definition) is 3. The Morgan fingerprint density at radius 2 is 2.29 bits per heavy atom. The molecule has 17 heavy (non-hydrogen) atoms. The van der Waals surface area contributed by atoms with Crippen molar-refractivity contribution in [3.8, 4) is 0 Å². The molecule has 0 spiro atoms. The molecule has 1 N–H and O–H groups in total. The molecule has 2 aromatic rings. The zero-order valence-electron chi connectivity index (χ0n) is 9.12. The molecule has 0 unspecified atom stereocenters. The lowest BCUT2D eigenvalue weighted by molar-refractivity contribution is 0.588. The van der Waals surface area contributed by atoms with E-state index in [9.17, 15) is 4.39 Å². The van der Waals surface area contributed by atoms with Crippen molar-refractivity contribution in [2.75, 3.05) is 6.54 Å². The van der Waals surface area contributed by atoms with E-state index >= 15 is 0 Å². The summed E-state index contributed by atoms with van der Waals surface area (Å²) < 4.78 is 13.5. The molecule has 0 bridgehead atoms. The SMILES string of the molecule is Fc1c(Cl)cccc1CNCCc1nccs1. The third kappa shape index (κ3) is 3.49. The summed E-state index contributed by atoms with van der Waals surface area (Å²) in [5, 5.41) is 6.38. The average Bonchev–Trinajstić information content (AvgIpc) is 2.83. The Labute approximate surface area is 108 Å². The van der Waals surface area contributed by atoms with Gasteiger partial charge in [0.25, 0.3) is 0 Å². The molecule has 0 radical (unpaired) electrons. The number of aromatic nitrogens is 1. The maximum absolute atomic E-state index is 13.5. The van der Waals surface area contributed by atoms with Crippen LogP contribution in [-0.4, -0.2) is 11.5 Å². The summed E-state index contributed by atoms with van der Waals surface area (Å²) in [6.07, 6.45) is 2.65. The minimum atomic E-state index is -0.337. The molecule has 0 aliphatic heterocycles. The van der Waals surface area contributed by atoms with Crippen LogP contribution in [0.2, 0.25) is 5.02 Å². The predicted octanol–water partition coefficient (Wildman–Crippen LogP) is 3.27. The fraction of sp³-hybridized carbons (Fsp3) is 0.250. The smallest absolute Gasteiger partial charge is 0.146 e. The molecule has 0 amide bonds. The fourth-order valence-corrected chi connectivity index (χ4v) is 2.29. The van der Waals surface area contributed by atoms with E-state index in [4.69, 9.17) is 11.6 Å². The topological polar surface area (TPSA) is 24.9 Å². The Hall–Kier alpha value is -0.970. The van der Waals surface area contributed by atoms with Gasteiger partial charge in [0.05, 0.1) is 10.0 Å². The third-order valence-corrected chi connectivity index (χ3v) is 3.48. The maximum Gasteiger partial charge on any atom is 0.146 e. The van der Waals surface area contributed by atoms with Gasteiger partial charge in [-0.25, -0.2) is 9.37 Å². The summed E-state index contributed by atoms with van der Waals surface area (Å²) in [5.74, 6) is -0.337. The Balaban J connectivity index is 1.80. The van der Waals surface area contributed by atoms with Crippen molar-refractivity contribution >= 4 is 22.9 Å². The molecule has 0 aliphatic rings. The molecule has 5 heteroatoms. The summed E-state index contributed by atoms with van der Waals surface area (Å²) in [6, 6.07) is 5.04. The molecule has 0 saturated carbocycles. The molecular weight excluding hydrogens is 259 g/mol. The van der Waals surface area contributed by atoms with Gasteiger partial charge in [-0.1, -0.05) is 23.7 Å². The predicted molar refractivity (Wildman–Crippen MR) is 68.9 cm³/mol. The highest BCUT2D eigenvalue weighted by Gasteiger charge is 2.05. The lowest BCUT2D eigenvalue weighted by Crippen LogP contribution is -2.17. The van der Waals surface area contributed by atoms with E-state index in [1.165, 1.54) is 0 Å². The van der Waals surface area contributed by atoms with Gasteiger partial charge in [0.1, 0.15) is 5.82 Å². The Bertz CT molecular complexity index is 473. The summed E-state index contributed by atoms with van der Waals surface area (Å²) >= 11 is 7.33. The second kappa shape index (κ2) is 6.10. The van der Waals surface area contributed by atoms with E-state index < -0.39 is 0 Å². The van der Waals surface area contributed by atoms with Crippen LogP contribution in [0.5, 0.6) is 0 Å². The molecule has 1 aromatic heterocycles. The highest BCUT2D eigenvalue weighted by atomic mass is 35.5. The van der Waals surface area contributed by atoms with Gasteiger partial charge in [-0.05, 0) is 6.07 Å². The number of rotatable bonds is 5. The van der Waals surface area contributed by atoms with Gasteiger partial charge in [0, 0.05) is 36.7 Å². The normalized spacial score (nSPS) is 10.7. The van der Waals surface area contributed by atoms with Crippen LogP contribution >= 0.6 is 22.9 Å². The zero-order chi connectivity index (χ0) is 12.1. The molecular formula is C12H12ClFN2S. The lowest BCUT2D eigenvalue weighted by atomic mass is 10.2. The number of nitrogens with zero attached hydrogens (tertiary/aromatic N) is 1. The Morgan fingerprint density at radius 3 is 3.06 bits per heavy atom. The minimum absolute atomic E-state index is 0.171. The van der Waals surface area contributed by atoms with Crippen LogP contribution in [0, 0.1) is 5.82 Å². The van der Waals surface area contributed by atoms with Crippen molar-refractivity contribution in [2.45, 2.75) is 13.0 Å². The number of thiazole rings is 1. The maximum atomic E-state index is 13.5. The molecule has 0 aliphatic carbocycles. The Morgan fingerprint density at radius 1 is 1.41 bits per heavy atom. The van der Waals surface area contributed by atoms with E-state index in [-0.39, 0.29) is 10.8 Å². The van der Waals surface area contributed by atoms with Crippen molar-refractivity contribution in [3.63, 3.8) is 0 Å². The largest absolute Gasteiger partial charge is 0.312 e. The minimum Gasteiger partial charge on any atom is -0.312 e. The van der Waals surface area contributed by atoms with E-state index in [2.05, 4.69) is 10.3 Å². The fourth-order valence-electron chi connectivity index (χ4n) is 1.48. The summed E-state index contributed by atoms with van der Waals surface area (Å²) in [4.78, 5) is 4.18. The first-order chi connectivity index (χ1) is 8.27. The molecule has 0 fully saturated rings. The first-order valence-corrected chi connectivity index (χ1v) is 6.55. The first-order valence-electron chi connectivity index (χ1n) is 5.29. The summed E-state index contributed by atoms with van der Waals surface area (Å²) in [5.41, 5.74) is 0.594. The van der Waals surface area contributed by atoms with Crippen LogP contribution in [0.1, 0.15) is 10.6 Å². The molecule has 2 rings (SSSR count).